The highest BCUT2D eigenvalue weighted by Crippen LogP contribution is 2.24. The molecule has 1 aliphatic carbocycles. The lowest BCUT2D eigenvalue weighted by Crippen LogP contribution is -2.51. The Balaban J connectivity index is 1.41. The molecule has 1 atom stereocenters. The molecule has 2 aromatic carbocycles. The molecule has 0 aliphatic heterocycles. The van der Waals surface area contributed by atoms with Crippen LogP contribution in [0.5, 0.6) is 0 Å². The van der Waals surface area contributed by atoms with Crippen molar-refractivity contribution in [3.05, 3.63) is 66.4 Å². The number of fused-ring (bicyclic) bond motifs is 1. The van der Waals surface area contributed by atoms with Crippen molar-refractivity contribution >= 4 is 28.4 Å². The van der Waals surface area contributed by atoms with Crippen LogP contribution in [0.1, 0.15) is 38.2 Å². The van der Waals surface area contributed by atoms with Crippen LogP contribution in [0.4, 0.5) is 5.69 Å². The highest BCUT2D eigenvalue weighted by molar-refractivity contribution is 6.01. The fourth-order valence-corrected chi connectivity index (χ4v) is 4.61. The van der Waals surface area contributed by atoms with Gasteiger partial charge in [0.2, 0.25) is 11.7 Å². The van der Waals surface area contributed by atoms with Crippen molar-refractivity contribution in [3.63, 3.8) is 0 Å². The van der Waals surface area contributed by atoms with Crippen molar-refractivity contribution in [3.8, 4) is 11.4 Å². The van der Waals surface area contributed by atoms with Gasteiger partial charge in [-0.15, -0.1) is 10.2 Å². The molecule has 1 saturated carbocycles. The highest BCUT2D eigenvalue weighted by Gasteiger charge is 2.30. The van der Waals surface area contributed by atoms with Gasteiger partial charge in [0, 0.05) is 17.0 Å². The van der Waals surface area contributed by atoms with Crippen molar-refractivity contribution in [2.75, 3.05) is 4.90 Å². The lowest BCUT2D eigenvalue weighted by atomic mass is 10.1. The van der Waals surface area contributed by atoms with Gasteiger partial charge in [-0.1, -0.05) is 60.9 Å². The highest BCUT2D eigenvalue weighted by atomic mass is 16.2. The average molecular weight is 484 g/mol. The first-order valence-corrected chi connectivity index (χ1v) is 12.3. The molecular weight excluding hydrogens is 454 g/mol. The number of aromatic nitrogens is 5. The van der Waals surface area contributed by atoms with Gasteiger partial charge in [-0.2, -0.15) is 4.80 Å². The second kappa shape index (κ2) is 10.2. The molecular formula is C27H29N7O2. The number of amides is 2. The monoisotopic (exact) mass is 483 g/mol. The number of aryl methyl sites for hydroxylation is 1. The van der Waals surface area contributed by atoms with Gasteiger partial charge < -0.3 is 5.32 Å². The number of rotatable bonds is 7. The number of hydrogen-bond acceptors (Lipinski definition) is 6. The van der Waals surface area contributed by atoms with Gasteiger partial charge in [0.25, 0.3) is 5.91 Å². The van der Waals surface area contributed by atoms with Crippen LogP contribution in [0.3, 0.4) is 0 Å². The van der Waals surface area contributed by atoms with Gasteiger partial charge in [-0.05, 0) is 44.0 Å². The van der Waals surface area contributed by atoms with E-state index >= 15 is 0 Å². The summed E-state index contributed by atoms with van der Waals surface area (Å²) in [7, 11) is 0. The molecule has 2 heterocycles. The van der Waals surface area contributed by atoms with Crippen LogP contribution in [0, 0.1) is 6.92 Å². The van der Waals surface area contributed by atoms with Crippen LogP contribution in [0.15, 0.2) is 60.8 Å². The summed E-state index contributed by atoms with van der Waals surface area (Å²) in [4.78, 5) is 34.0. The minimum atomic E-state index is -0.735. The first-order valence-electron chi connectivity index (χ1n) is 12.3. The Bertz CT molecular complexity index is 1380. The molecule has 5 rings (SSSR count). The minimum Gasteiger partial charge on any atom is -0.352 e. The standard InChI is InChI=1S/C27H29N7O2/c1-18-11-13-20(14-12-18)26-30-32-33(31-26)17-25(35)34(19(2)27(36)29-22-8-4-5-9-22)23-15-21-7-3-6-10-24(21)28-16-23/h3,6-7,10-16,19,22H,4-5,8-9,17H2,1-2H3,(H,29,36)/t19-/m1/s1. The summed E-state index contributed by atoms with van der Waals surface area (Å²) in [6.07, 6.45) is 5.78. The third-order valence-corrected chi connectivity index (χ3v) is 6.63. The van der Waals surface area contributed by atoms with E-state index in [9.17, 15) is 9.59 Å². The molecule has 1 N–H and O–H groups in total. The Morgan fingerprint density at radius 1 is 1.11 bits per heavy atom. The summed E-state index contributed by atoms with van der Waals surface area (Å²) < 4.78 is 0. The third kappa shape index (κ3) is 5.10. The molecule has 36 heavy (non-hydrogen) atoms. The van der Waals surface area contributed by atoms with Crippen molar-refractivity contribution < 1.29 is 9.59 Å². The van der Waals surface area contributed by atoms with Crippen molar-refractivity contribution in [2.24, 2.45) is 0 Å². The topological polar surface area (TPSA) is 106 Å². The molecule has 0 bridgehead atoms. The van der Waals surface area contributed by atoms with Gasteiger partial charge in [0.1, 0.15) is 12.6 Å². The Labute approximate surface area is 209 Å². The van der Waals surface area contributed by atoms with E-state index in [1.807, 2.05) is 61.5 Å². The molecule has 0 unspecified atom stereocenters. The molecule has 0 saturated heterocycles. The van der Waals surface area contributed by atoms with Crippen molar-refractivity contribution in [1.29, 1.82) is 0 Å². The number of carbonyl (C=O) groups is 2. The fourth-order valence-electron chi connectivity index (χ4n) is 4.61. The van der Waals surface area contributed by atoms with Crippen LogP contribution in [-0.2, 0) is 16.1 Å². The van der Waals surface area contributed by atoms with Crippen LogP contribution in [0.25, 0.3) is 22.3 Å². The second-order valence-electron chi connectivity index (χ2n) is 9.33. The first kappa shape index (κ1) is 23.6. The maximum atomic E-state index is 13.6. The van der Waals surface area contributed by atoms with E-state index in [0.29, 0.717) is 11.5 Å². The number of hydrogen-bond donors (Lipinski definition) is 1. The van der Waals surface area contributed by atoms with E-state index in [4.69, 9.17) is 0 Å². The fraction of sp³-hybridized carbons (Fsp3) is 0.333. The van der Waals surface area contributed by atoms with E-state index in [2.05, 4.69) is 25.7 Å². The Hall–Kier alpha value is -4.14. The molecule has 2 aromatic heterocycles. The number of para-hydroxylation sites is 1. The van der Waals surface area contributed by atoms with Crippen molar-refractivity contribution in [1.82, 2.24) is 30.5 Å². The summed E-state index contributed by atoms with van der Waals surface area (Å²) in [6.45, 7) is 3.59. The molecule has 9 heteroatoms. The zero-order valence-corrected chi connectivity index (χ0v) is 20.5. The first-order chi connectivity index (χ1) is 17.5. The molecule has 0 spiro atoms. The van der Waals surface area contributed by atoms with Crippen LogP contribution in [0.2, 0.25) is 0 Å². The maximum absolute atomic E-state index is 13.6. The molecule has 1 fully saturated rings. The number of pyridine rings is 1. The van der Waals surface area contributed by atoms with E-state index in [1.54, 1.807) is 13.1 Å². The number of tetrazole rings is 1. The summed E-state index contributed by atoms with van der Waals surface area (Å²) in [5.41, 5.74) is 3.31. The van der Waals surface area contributed by atoms with E-state index in [1.165, 1.54) is 9.70 Å². The van der Waals surface area contributed by atoms with E-state index in [0.717, 1.165) is 47.7 Å². The lowest BCUT2D eigenvalue weighted by molar-refractivity contribution is -0.127. The van der Waals surface area contributed by atoms with Crippen LogP contribution in [-0.4, -0.2) is 49.1 Å². The average Bonchev–Trinajstić information content (AvgIpc) is 3.57. The Kier molecular flexibility index (Phi) is 6.71. The van der Waals surface area contributed by atoms with Gasteiger partial charge in [0.05, 0.1) is 17.4 Å². The molecule has 1 aliphatic rings. The number of nitrogens with one attached hydrogen (secondary N) is 1. The lowest BCUT2D eigenvalue weighted by Gasteiger charge is -2.29. The molecule has 9 nitrogen and oxygen atoms in total. The SMILES string of the molecule is Cc1ccc(-c2nnn(CC(=O)N(c3cnc4ccccc4c3)[C@H](C)C(=O)NC3CCCC3)n2)cc1. The summed E-state index contributed by atoms with van der Waals surface area (Å²) in [6, 6.07) is 16.8. The summed E-state index contributed by atoms with van der Waals surface area (Å²) in [5.74, 6) is -0.0712. The van der Waals surface area contributed by atoms with E-state index < -0.39 is 6.04 Å². The number of benzene rings is 2. The van der Waals surface area contributed by atoms with Gasteiger partial charge in [-0.3, -0.25) is 19.5 Å². The second-order valence-corrected chi connectivity index (χ2v) is 9.33. The molecule has 4 aromatic rings. The van der Waals surface area contributed by atoms with Gasteiger partial charge in [0.15, 0.2) is 0 Å². The number of nitrogens with zero attached hydrogens (tertiary/aromatic N) is 6. The van der Waals surface area contributed by atoms with Gasteiger partial charge in [-0.25, -0.2) is 0 Å². The van der Waals surface area contributed by atoms with Gasteiger partial charge >= 0.3 is 0 Å². The molecule has 184 valence electrons. The number of anilines is 1. The van der Waals surface area contributed by atoms with Crippen molar-refractivity contribution in [2.45, 2.75) is 58.2 Å². The Morgan fingerprint density at radius 3 is 2.64 bits per heavy atom. The third-order valence-electron chi connectivity index (χ3n) is 6.63. The van der Waals surface area contributed by atoms with Crippen LogP contribution < -0.4 is 10.2 Å². The minimum absolute atomic E-state index is 0.153. The smallest absolute Gasteiger partial charge is 0.251 e. The normalized spacial score (nSPS) is 14.6. The molecule has 0 radical (unpaired) electrons. The summed E-state index contributed by atoms with van der Waals surface area (Å²) >= 11 is 0. The zero-order valence-electron chi connectivity index (χ0n) is 20.5. The predicted molar refractivity (Wildman–Crippen MR) is 137 cm³/mol. The quantitative estimate of drug-likeness (QED) is 0.430. The zero-order chi connectivity index (χ0) is 25.1. The maximum Gasteiger partial charge on any atom is 0.251 e. The molecule has 2 amide bonds. The largest absolute Gasteiger partial charge is 0.352 e. The van der Waals surface area contributed by atoms with Crippen LogP contribution >= 0.6 is 0 Å². The summed E-state index contributed by atoms with van der Waals surface area (Å²) in [5, 5.41) is 16.6. The number of carbonyl (C=O) groups excluding carboxylic acids is 2. The van der Waals surface area contributed by atoms with E-state index in [-0.39, 0.29) is 24.4 Å². The predicted octanol–water partition coefficient (Wildman–Crippen LogP) is 3.68. The Morgan fingerprint density at radius 2 is 1.86 bits per heavy atom.